The van der Waals surface area contributed by atoms with Crippen molar-refractivity contribution in [3.8, 4) is 0 Å². The summed E-state index contributed by atoms with van der Waals surface area (Å²) in [6.45, 7) is 7.54. The van der Waals surface area contributed by atoms with Crippen LogP contribution >= 0.6 is 11.3 Å². The number of nitrogen functional groups attached to an aromatic ring is 1. The van der Waals surface area contributed by atoms with E-state index in [1.807, 2.05) is 11.4 Å². The summed E-state index contributed by atoms with van der Waals surface area (Å²) < 4.78 is 0. The van der Waals surface area contributed by atoms with Gasteiger partial charge in [0.15, 0.2) is 0 Å². The van der Waals surface area contributed by atoms with Gasteiger partial charge in [-0.15, -0.1) is 11.3 Å². The second kappa shape index (κ2) is 5.66. The van der Waals surface area contributed by atoms with E-state index in [-0.39, 0.29) is 12.0 Å². The zero-order valence-corrected chi connectivity index (χ0v) is 11.1. The average Bonchev–Trinajstić information content (AvgIpc) is 2.57. The summed E-state index contributed by atoms with van der Waals surface area (Å²) in [5, 5.41) is 14.5. The van der Waals surface area contributed by atoms with E-state index in [2.05, 4.69) is 26.1 Å². The number of thiophene rings is 1. The quantitative estimate of drug-likeness (QED) is 0.742. The second-order valence-corrected chi connectivity index (χ2v) is 6.11. The van der Waals surface area contributed by atoms with Gasteiger partial charge in [0, 0.05) is 29.8 Å². The molecule has 16 heavy (non-hydrogen) atoms. The first-order valence-corrected chi connectivity index (χ1v) is 6.49. The van der Waals surface area contributed by atoms with Crippen LogP contribution in [0.4, 0.5) is 5.69 Å². The lowest BCUT2D eigenvalue weighted by molar-refractivity contribution is 0.197. The Labute approximate surface area is 102 Å². The van der Waals surface area contributed by atoms with Gasteiger partial charge in [-0.05, 0) is 23.3 Å². The fourth-order valence-electron chi connectivity index (χ4n) is 1.68. The van der Waals surface area contributed by atoms with E-state index in [1.165, 1.54) is 4.88 Å². The van der Waals surface area contributed by atoms with Crippen LogP contribution in [-0.4, -0.2) is 17.8 Å². The van der Waals surface area contributed by atoms with Gasteiger partial charge in [0.25, 0.3) is 0 Å². The Morgan fingerprint density at radius 1 is 1.50 bits per heavy atom. The molecule has 0 aliphatic carbocycles. The summed E-state index contributed by atoms with van der Waals surface area (Å²) in [4.78, 5) is 1.17. The van der Waals surface area contributed by atoms with Gasteiger partial charge < -0.3 is 16.2 Å². The lowest BCUT2D eigenvalue weighted by atomic mass is 9.85. The minimum absolute atomic E-state index is 0.148. The monoisotopic (exact) mass is 242 g/mol. The van der Waals surface area contributed by atoms with Gasteiger partial charge in [0.2, 0.25) is 0 Å². The van der Waals surface area contributed by atoms with Crippen molar-refractivity contribution in [2.75, 3.05) is 12.3 Å². The highest BCUT2D eigenvalue weighted by Crippen LogP contribution is 2.24. The first-order chi connectivity index (χ1) is 7.45. The summed E-state index contributed by atoms with van der Waals surface area (Å²) in [7, 11) is 0. The van der Waals surface area contributed by atoms with Crippen LogP contribution in [0.2, 0.25) is 0 Å². The van der Waals surface area contributed by atoms with Crippen LogP contribution in [0.25, 0.3) is 0 Å². The zero-order valence-electron chi connectivity index (χ0n) is 10.3. The maximum Gasteiger partial charge on any atom is 0.0468 e. The van der Waals surface area contributed by atoms with Crippen molar-refractivity contribution in [3.63, 3.8) is 0 Å². The van der Waals surface area contributed by atoms with Crippen molar-refractivity contribution in [3.05, 3.63) is 16.3 Å². The molecule has 3 nitrogen and oxygen atoms in total. The van der Waals surface area contributed by atoms with Crippen molar-refractivity contribution in [2.45, 2.75) is 39.8 Å². The van der Waals surface area contributed by atoms with Crippen LogP contribution in [0.15, 0.2) is 11.4 Å². The van der Waals surface area contributed by atoms with Gasteiger partial charge in [0.05, 0.1) is 0 Å². The van der Waals surface area contributed by atoms with Gasteiger partial charge in [-0.25, -0.2) is 0 Å². The largest absolute Gasteiger partial charge is 0.398 e. The number of aliphatic hydroxyl groups is 1. The molecule has 1 heterocycles. The van der Waals surface area contributed by atoms with Gasteiger partial charge in [-0.2, -0.15) is 0 Å². The van der Waals surface area contributed by atoms with Crippen molar-refractivity contribution < 1.29 is 5.11 Å². The standard InChI is InChI=1S/C12H22N2OS/c1-12(2,3)11(4-6-15)14-8-10-9(13)5-7-16-10/h5,7,11,14-15H,4,6,8,13H2,1-3H3. The zero-order chi connectivity index (χ0) is 12.2. The van der Waals surface area contributed by atoms with Crippen LogP contribution in [0.5, 0.6) is 0 Å². The predicted molar refractivity (Wildman–Crippen MR) is 70.5 cm³/mol. The molecule has 0 saturated carbocycles. The molecule has 0 aliphatic rings. The molecule has 1 aromatic heterocycles. The number of nitrogens with one attached hydrogen (secondary N) is 1. The Hall–Kier alpha value is -0.580. The fraction of sp³-hybridized carbons (Fsp3) is 0.667. The SMILES string of the molecule is CC(C)(C)C(CCO)NCc1sccc1N. The molecule has 1 rings (SSSR count). The lowest BCUT2D eigenvalue weighted by Crippen LogP contribution is -2.40. The first-order valence-electron chi connectivity index (χ1n) is 5.61. The summed E-state index contributed by atoms with van der Waals surface area (Å²) >= 11 is 1.67. The topological polar surface area (TPSA) is 58.3 Å². The van der Waals surface area contributed by atoms with E-state index < -0.39 is 0 Å². The maximum absolute atomic E-state index is 9.05. The number of hydrogen-bond donors (Lipinski definition) is 3. The molecule has 0 amide bonds. The van der Waals surface area contributed by atoms with Crippen LogP contribution in [0, 0.1) is 5.41 Å². The molecule has 0 radical (unpaired) electrons. The van der Waals surface area contributed by atoms with Crippen molar-refractivity contribution in [2.24, 2.45) is 5.41 Å². The third-order valence-corrected chi connectivity index (χ3v) is 3.69. The van der Waals surface area contributed by atoms with Gasteiger partial charge in [-0.3, -0.25) is 0 Å². The smallest absolute Gasteiger partial charge is 0.0468 e. The van der Waals surface area contributed by atoms with Crippen molar-refractivity contribution >= 4 is 17.0 Å². The van der Waals surface area contributed by atoms with Gasteiger partial charge in [0.1, 0.15) is 0 Å². The van der Waals surface area contributed by atoms with Crippen LogP contribution in [0.1, 0.15) is 32.1 Å². The molecule has 4 heteroatoms. The molecule has 0 aliphatic heterocycles. The molecular weight excluding hydrogens is 220 g/mol. The summed E-state index contributed by atoms with van der Waals surface area (Å²) in [5.74, 6) is 0. The van der Waals surface area contributed by atoms with Gasteiger partial charge >= 0.3 is 0 Å². The number of rotatable bonds is 5. The minimum Gasteiger partial charge on any atom is -0.398 e. The average molecular weight is 242 g/mol. The van der Waals surface area contributed by atoms with Gasteiger partial charge in [-0.1, -0.05) is 20.8 Å². The highest BCUT2D eigenvalue weighted by molar-refractivity contribution is 7.10. The number of hydrogen-bond acceptors (Lipinski definition) is 4. The Kier molecular flexibility index (Phi) is 4.77. The molecule has 1 unspecified atom stereocenters. The molecular formula is C12H22N2OS. The first kappa shape index (κ1) is 13.5. The Morgan fingerprint density at radius 2 is 2.19 bits per heavy atom. The van der Waals surface area contributed by atoms with Crippen LogP contribution < -0.4 is 11.1 Å². The number of aliphatic hydroxyl groups excluding tert-OH is 1. The lowest BCUT2D eigenvalue weighted by Gasteiger charge is -2.31. The third kappa shape index (κ3) is 3.77. The van der Waals surface area contributed by atoms with E-state index in [0.29, 0.717) is 6.04 Å². The van der Waals surface area contributed by atoms with E-state index in [1.54, 1.807) is 11.3 Å². The number of anilines is 1. The van der Waals surface area contributed by atoms with Crippen LogP contribution in [-0.2, 0) is 6.54 Å². The van der Waals surface area contributed by atoms with Crippen molar-refractivity contribution in [1.29, 1.82) is 0 Å². The molecule has 0 saturated heterocycles. The molecule has 4 N–H and O–H groups in total. The van der Waals surface area contributed by atoms with E-state index in [9.17, 15) is 0 Å². The molecule has 0 spiro atoms. The highest BCUT2D eigenvalue weighted by Gasteiger charge is 2.23. The van der Waals surface area contributed by atoms with E-state index in [4.69, 9.17) is 10.8 Å². The Bertz CT molecular complexity index is 317. The second-order valence-electron chi connectivity index (χ2n) is 5.11. The fourth-order valence-corrected chi connectivity index (χ4v) is 2.43. The Balaban J connectivity index is 2.54. The van der Waals surface area contributed by atoms with E-state index in [0.717, 1.165) is 18.7 Å². The summed E-state index contributed by atoms with van der Waals surface area (Å²) in [6, 6.07) is 2.24. The summed E-state index contributed by atoms with van der Waals surface area (Å²) in [6.07, 6.45) is 0.773. The minimum atomic E-state index is 0.148. The van der Waals surface area contributed by atoms with E-state index >= 15 is 0 Å². The summed E-state index contributed by atoms with van der Waals surface area (Å²) in [5.41, 5.74) is 6.83. The Morgan fingerprint density at radius 3 is 2.62 bits per heavy atom. The predicted octanol–water partition coefficient (Wildman–Crippen LogP) is 2.22. The molecule has 0 bridgehead atoms. The maximum atomic E-state index is 9.05. The normalized spacial score (nSPS) is 14.0. The number of nitrogens with two attached hydrogens (primary N) is 1. The molecule has 1 atom stereocenters. The molecule has 1 aromatic rings. The molecule has 92 valence electrons. The molecule has 0 aromatic carbocycles. The highest BCUT2D eigenvalue weighted by atomic mass is 32.1. The third-order valence-electron chi connectivity index (χ3n) is 2.75. The van der Waals surface area contributed by atoms with Crippen LogP contribution in [0.3, 0.4) is 0 Å². The van der Waals surface area contributed by atoms with Crippen molar-refractivity contribution in [1.82, 2.24) is 5.32 Å². The molecule has 0 fully saturated rings.